The highest BCUT2D eigenvalue weighted by molar-refractivity contribution is 6.05. The quantitative estimate of drug-likeness (QED) is 0.675. The Morgan fingerprint density at radius 1 is 1.29 bits per heavy atom. The third kappa shape index (κ3) is 4.08. The maximum Gasteiger partial charge on any atom is 0.391 e. The molecule has 21 heavy (non-hydrogen) atoms. The molecule has 2 aliphatic rings. The number of hydrogen-bond acceptors (Lipinski definition) is 3. The molecule has 1 heterocycles. The zero-order valence-corrected chi connectivity index (χ0v) is 11.1. The predicted octanol–water partition coefficient (Wildman–Crippen LogP) is 0.822. The fourth-order valence-electron chi connectivity index (χ4n) is 2.69. The number of imide groups is 1. The van der Waals surface area contributed by atoms with Gasteiger partial charge in [0.25, 0.3) is 5.91 Å². The monoisotopic (exact) mass is 307 g/mol. The summed E-state index contributed by atoms with van der Waals surface area (Å²) in [5.41, 5.74) is 0. The van der Waals surface area contributed by atoms with Crippen LogP contribution < -0.4 is 16.0 Å². The Morgan fingerprint density at radius 2 is 2.00 bits per heavy atom. The number of amides is 4. The van der Waals surface area contributed by atoms with Crippen LogP contribution in [0.4, 0.5) is 18.0 Å². The van der Waals surface area contributed by atoms with Crippen LogP contribution in [0.3, 0.4) is 0 Å². The predicted molar refractivity (Wildman–Crippen MR) is 65.0 cm³/mol. The highest BCUT2D eigenvalue weighted by atomic mass is 19.4. The summed E-state index contributed by atoms with van der Waals surface area (Å²) in [7, 11) is 0. The highest BCUT2D eigenvalue weighted by Crippen LogP contribution is 2.37. The first-order valence-corrected chi connectivity index (χ1v) is 6.73. The lowest BCUT2D eigenvalue weighted by atomic mass is 9.85. The summed E-state index contributed by atoms with van der Waals surface area (Å²) >= 11 is 0. The first-order valence-electron chi connectivity index (χ1n) is 6.73. The molecule has 1 aliphatic carbocycles. The minimum absolute atomic E-state index is 0.0803. The molecule has 1 saturated carbocycles. The Balaban J connectivity index is 1.82. The van der Waals surface area contributed by atoms with E-state index < -0.39 is 42.0 Å². The van der Waals surface area contributed by atoms with Gasteiger partial charge in [0.15, 0.2) is 0 Å². The van der Waals surface area contributed by atoms with Crippen molar-refractivity contribution in [3.05, 3.63) is 0 Å². The van der Waals surface area contributed by atoms with Gasteiger partial charge in [-0.2, -0.15) is 13.2 Å². The van der Waals surface area contributed by atoms with E-state index in [4.69, 9.17) is 0 Å². The van der Waals surface area contributed by atoms with E-state index >= 15 is 0 Å². The van der Waals surface area contributed by atoms with Gasteiger partial charge < -0.3 is 10.6 Å². The van der Waals surface area contributed by atoms with Crippen molar-refractivity contribution in [2.75, 3.05) is 0 Å². The van der Waals surface area contributed by atoms with Gasteiger partial charge in [-0.25, -0.2) is 4.79 Å². The number of alkyl halides is 3. The Bertz CT molecular complexity index is 453. The molecule has 0 spiro atoms. The van der Waals surface area contributed by atoms with Crippen molar-refractivity contribution in [1.29, 1.82) is 0 Å². The van der Waals surface area contributed by atoms with Gasteiger partial charge in [-0.3, -0.25) is 14.9 Å². The van der Waals surface area contributed by atoms with Crippen LogP contribution in [0.2, 0.25) is 0 Å². The standard InChI is InChI=1S/C12H16F3N3O3/c13-12(14,15)6-2-1-3-7(4-6)16-9(19)5-8-10(20)18-11(21)17-8/h6-8H,1-5H2,(H,16,19)(H2,17,18,20,21). The van der Waals surface area contributed by atoms with Crippen LogP contribution in [0.25, 0.3) is 0 Å². The summed E-state index contributed by atoms with van der Waals surface area (Å²) in [5.74, 6) is -2.54. The Hall–Kier alpha value is -1.80. The molecule has 2 rings (SSSR count). The van der Waals surface area contributed by atoms with Crippen molar-refractivity contribution < 1.29 is 27.6 Å². The minimum Gasteiger partial charge on any atom is -0.353 e. The molecule has 6 nitrogen and oxygen atoms in total. The van der Waals surface area contributed by atoms with E-state index in [1.165, 1.54) is 0 Å². The lowest BCUT2D eigenvalue weighted by Crippen LogP contribution is -2.44. The van der Waals surface area contributed by atoms with E-state index in [-0.39, 0.29) is 19.3 Å². The number of nitrogens with one attached hydrogen (secondary N) is 3. The van der Waals surface area contributed by atoms with Crippen molar-refractivity contribution in [2.45, 2.75) is 50.4 Å². The molecule has 0 bridgehead atoms. The largest absolute Gasteiger partial charge is 0.391 e. The SMILES string of the molecule is O=C(CC1NC(=O)NC1=O)NC1CCCC(C(F)(F)F)C1. The molecule has 2 fully saturated rings. The molecule has 4 amide bonds. The lowest BCUT2D eigenvalue weighted by Gasteiger charge is -2.31. The molecule has 3 N–H and O–H groups in total. The maximum absolute atomic E-state index is 12.7. The minimum atomic E-state index is -4.25. The molecule has 118 valence electrons. The van der Waals surface area contributed by atoms with E-state index in [9.17, 15) is 27.6 Å². The Kier molecular flexibility index (Phi) is 4.38. The molecule has 1 saturated heterocycles. The van der Waals surface area contributed by atoms with Gasteiger partial charge in [-0.1, -0.05) is 6.42 Å². The van der Waals surface area contributed by atoms with Crippen LogP contribution in [-0.4, -0.2) is 36.1 Å². The second kappa shape index (κ2) is 5.90. The fourth-order valence-corrected chi connectivity index (χ4v) is 2.69. The van der Waals surface area contributed by atoms with Crippen molar-refractivity contribution in [2.24, 2.45) is 5.92 Å². The van der Waals surface area contributed by atoms with E-state index in [1.54, 1.807) is 0 Å². The first-order chi connectivity index (χ1) is 9.75. The van der Waals surface area contributed by atoms with Gasteiger partial charge in [-0.05, 0) is 19.3 Å². The zero-order chi connectivity index (χ0) is 15.6. The molecule has 0 aromatic rings. The molecule has 0 aromatic heterocycles. The van der Waals surface area contributed by atoms with Gasteiger partial charge in [0.2, 0.25) is 5.91 Å². The van der Waals surface area contributed by atoms with Gasteiger partial charge in [0, 0.05) is 6.04 Å². The average molecular weight is 307 g/mol. The Labute approximate surface area is 118 Å². The summed E-state index contributed by atoms with van der Waals surface area (Å²) < 4.78 is 38.0. The molecule has 3 atom stereocenters. The van der Waals surface area contributed by atoms with Crippen molar-refractivity contribution in [3.8, 4) is 0 Å². The topological polar surface area (TPSA) is 87.3 Å². The molecular formula is C12H16F3N3O3. The first kappa shape index (κ1) is 15.6. The van der Waals surface area contributed by atoms with E-state index in [2.05, 4.69) is 10.6 Å². The lowest BCUT2D eigenvalue weighted by molar-refractivity contribution is -0.184. The number of hydrogen-bond donors (Lipinski definition) is 3. The highest BCUT2D eigenvalue weighted by Gasteiger charge is 2.42. The number of halogens is 3. The smallest absolute Gasteiger partial charge is 0.353 e. The summed E-state index contributed by atoms with van der Waals surface area (Å²) in [6, 6.07) is -2.18. The summed E-state index contributed by atoms with van der Waals surface area (Å²) in [6.07, 6.45) is -3.69. The van der Waals surface area contributed by atoms with Gasteiger partial charge in [-0.15, -0.1) is 0 Å². The average Bonchev–Trinajstić information content (AvgIpc) is 2.67. The number of carbonyl (C=O) groups excluding carboxylic acids is 3. The number of urea groups is 1. The van der Waals surface area contributed by atoms with Crippen molar-refractivity contribution in [1.82, 2.24) is 16.0 Å². The number of rotatable bonds is 3. The van der Waals surface area contributed by atoms with Gasteiger partial charge in [0.1, 0.15) is 6.04 Å². The zero-order valence-electron chi connectivity index (χ0n) is 11.1. The molecule has 0 aromatic carbocycles. The van der Waals surface area contributed by atoms with Crippen molar-refractivity contribution >= 4 is 17.8 Å². The van der Waals surface area contributed by atoms with E-state index in [1.807, 2.05) is 5.32 Å². The fraction of sp³-hybridized carbons (Fsp3) is 0.750. The summed E-state index contributed by atoms with van der Waals surface area (Å²) in [4.78, 5) is 33.9. The van der Waals surface area contributed by atoms with Gasteiger partial charge in [0.05, 0.1) is 12.3 Å². The van der Waals surface area contributed by atoms with Crippen LogP contribution >= 0.6 is 0 Å². The molecule has 0 radical (unpaired) electrons. The van der Waals surface area contributed by atoms with Crippen LogP contribution in [0, 0.1) is 5.92 Å². The van der Waals surface area contributed by atoms with Gasteiger partial charge >= 0.3 is 12.2 Å². The normalized spacial score (nSPS) is 29.8. The van der Waals surface area contributed by atoms with Crippen LogP contribution in [0.15, 0.2) is 0 Å². The van der Waals surface area contributed by atoms with Crippen molar-refractivity contribution in [3.63, 3.8) is 0 Å². The molecular weight excluding hydrogens is 291 g/mol. The van der Waals surface area contributed by atoms with Crippen LogP contribution in [-0.2, 0) is 9.59 Å². The van der Waals surface area contributed by atoms with Crippen LogP contribution in [0.5, 0.6) is 0 Å². The molecule has 3 unspecified atom stereocenters. The number of carbonyl (C=O) groups is 3. The molecule has 1 aliphatic heterocycles. The third-order valence-corrected chi connectivity index (χ3v) is 3.75. The third-order valence-electron chi connectivity index (χ3n) is 3.75. The Morgan fingerprint density at radius 3 is 2.57 bits per heavy atom. The second-order valence-electron chi connectivity index (χ2n) is 5.39. The summed E-state index contributed by atoms with van der Waals surface area (Å²) in [6.45, 7) is 0. The maximum atomic E-state index is 12.7. The van der Waals surface area contributed by atoms with E-state index in [0.717, 1.165) is 0 Å². The second-order valence-corrected chi connectivity index (χ2v) is 5.39. The summed E-state index contributed by atoms with van der Waals surface area (Å²) in [5, 5.41) is 6.76. The van der Waals surface area contributed by atoms with Crippen LogP contribution in [0.1, 0.15) is 32.1 Å². The molecule has 9 heteroatoms. The van der Waals surface area contributed by atoms with E-state index in [0.29, 0.717) is 12.8 Å².